The number of benzene rings is 2. The molecule has 7 heteroatoms. The SMILES string of the molecule is Cc1ccc(S(=O)(=O)Nc2ccc3ocnc3c2)cc1Cl. The highest BCUT2D eigenvalue weighted by molar-refractivity contribution is 7.92. The average molecular weight is 323 g/mol. The number of oxazole rings is 1. The first-order valence-corrected chi connectivity index (χ1v) is 7.94. The molecule has 5 nitrogen and oxygen atoms in total. The van der Waals surface area contributed by atoms with Crippen molar-refractivity contribution in [1.29, 1.82) is 0 Å². The number of aromatic nitrogens is 1. The molecular weight excluding hydrogens is 312 g/mol. The van der Waals surface area contributed by atoms with Gasteiger partial charge in [0.05, 0.1) is 10.6 Å². The number of nitrogens with zero attached hydrogens (tertiary/aromatic N) is 1. The van der Waals surface area contributed by atoms with Gasteiger partial charge in [-0.15, -0.1) is 0 Å². The lowest BCUT2D eigenvalue weighted by molar-refractivity contribution is 0.600. The predicted octanol–water partition coefficient (Wildman–Crippen LogP) is 3.59. The zero-order chi connectivity index (χ0) is 15.0. The van der Waals surface area contributed by atoms with Crippen LogP contribution in [-0.2, 0) is 10.0 Å². The molecule has 0 saturated carbocycles. The summed E-state index contributed by atoms with van der Waals surface area (Å²) >= 11 is 5.97. The summed E-state index contributed by atoms with van der Waals surface area (Å²) < 4.78 is 32.3. The van der Waals surface area contributed by atoms with Gasteiger partial charge in [-0.25, -0.2) is 13.4 Å². The minimum atomic E-state index is -3.70. The van der Waals surface area contributed by atoms with Crippen molar-refractivity contribution in [3.63, 3.8) is 0 Å². The molecule has 0 aliphatic rings. The van der Waals surface area contributed by atoms with Gasteiger partial charge in [-0.2, -0.15) is 0 Å². The summed E-state index contributed by atoms with van der Waals surface area (Å²) in [6, 6.07) is 9.47. The monoisotopic (exact) mass is 322 g/mol. The Morgan fingerprint density at radius 3 is 2.76 bits per heavy atom. The van der Waals surface area contributed by atoms with Gasteiger partial charge in [-0.05, 0) is 42.8 Å². The number of sulfonamides is 1. The van der Waals surface area contributed by atoms with Gasteiger partial charge in [-0.3, -0.25) is 4.72 Å². The number of hydrogen-bond acceptors (Lipinski definition) is 4. The molecule has 0 saturated heterocycles. The van der Waals surface area contributed by atoms with Gasteiger partial charge in [0.1, 0.15) is 5.52 Å². The molecule has 21 heavy (non-hydrogen) atoms. The molecular formula is C14H11ClN2O3S. The molecule has 1 heterocycles. The van der Waals surface area contributed by atoms with E-state index in [9.17, 15) is 8.42 Å². The largest absolute Gasteiger partial charge is 0.443 e. The summed E-state index contributed by atoms with van der Waals surface area (Å²) in [5.41, 5.74) is 2.40. The van der Waals surface area contributed by atoms with Crippen molar-refractivity contribution < 1.29 is 12.8 Å². The first-order chi connectivity index (χ1) is 9.95. The molecule has 0 atom stereocenters. The van der Waals surface area contributed by atoms with E-state index in [-0.39, 0.29) is 4.90 Å². The van der Waals surface area contributed by atoms with Crippen molar-refractivity contribution in [3.05, 3.63) is 53.4 Å². The molecule has 3 aromatic rings. The Bertz CT molecular complexity index is 919. The number of aryl methyl sites for hydroxylation is 1. The summed E-state index contributed by atoms with van der Waals surface area (Å²) in [4.78, 5) is 4.09. The van der Waals surface area contributed by atoms with Crippen LogP contribution in [0.1, 0.15) is 5.56 Å². The van der Waals surface area contributed by atoms with Crippen molar-refractivity contribution in [3.8, 4) is 0 Å². The Balaban J connectivity index is 1.96. The Labute approximate surface area is 126 Å². The Morgan fingerprint density at radius 1 is 1.19 bits per heavy atom. The van der Waals surface area contributed by atoms with Gasteiger partial charge >= 0.3 is 0 Å². The lowest BCUT2D eigenvalue weighted by atomic mass is 10.2. The maximum atomic E-state index is 12.3. The van der Waals surface area contributed by atoms with Crippen LogP contribution in [0.3, 0.4) is 0 Å². The highest BCUT2D eigenvalue weighted by atomic mass is 35.5. The van der Waals surface area contributed by atoms with Crippen LogP contribution < -0.4 is 4.72 Å². The molecule has 1 N–H and O–H groups in total. The Kier molecular flexibility index (Phi) is 3.35. The molecule has 0 aliphatic heterocycles. The molecule has 108 valence electrons. The van der Waals surface area contributed by atoms with Crippen LogP contribution in [0.5, 0.6) is 0 Å². The van der Waals surface area contributed by atoms with Crippen molar-refractivity contribution in [2.75, 3.05) is 4.72 Å². The average Bonchev–Trinajstić information content (AvgIpc) is 2.88. The highest BCUT2D eigenvalue weighted by Crippen LogP contribution is 2.24. The van der Waals surface area contributed by atoms with E-state index in [2.05, 4.69) is 9.71 Å². The topological polar surface area (TPSA) is 72.2 Å². The van der Waals surface area contributed by atoms with E-state index in [0.717, 1.165) is 5.56 Å². The third-order valence-electron chi connectivity index (χ3n) is 3.04. The summed E-state index contributed by atoms with van der Waals surface area (Å²) in [5, 5.41) is 0.407. The minimum Gasteiger partial charge on any atom is -0.443 e. The number of halogens is 1. The third-order valence-corrected chi connectivity index (χ3v) is 4.82. The van der Waals surface area contributed by atoms with Crippen LogP contribution in [0.4, 0.5) is 5.69 Å². The normalized spacial score (nSPS) is 11.7. The zero-order valence-corrected chi connectivity index (χ0v) is 12.6. The quantitative estimate of drug-likeness (QED) is 0.799. The standard InChI is InChI=1S/C14H11ClN2O3S/c1-9-2-4-11(7-12(9)15)21(18,19)17-10-3-5-14-13(6-10)16-8-20-14/h2-8,17H,1H3. The first-order valence-electron chi connectivity index (χ1n) is 6.08. The number of fused-ring (bicyclic) bond motifs is 1. The van der Waals surface area contributed by atoms with Crippen LogP contribution in [0.25, 0.3) is 11.1 Å². The molecule has 0 radical (unpaired) electrons. The fourth-order valence-electron chi connectivity index (χ4n) is 1.88. The summed E-state index contributed by atoms with van der Waals surface area (Å²) in [6.07, 6.45) is 1.31. The molecule has 0 fully saturated rings. The van der Waals surface area contributed by atoms with Gasteiger partial charge in [0.2, 0.25) is 0 Å². The fourth-order valence-corrected chi connectivity index (χ4v) is 3.20. The second-order valence-corrected chi connectivity index (χ2v) is 6.64. The van der Waals surface area contributed by atoms with Gasteiger partial charge in [0.15, 0.2) is 12.0 Å². The fraction of sp³-hybridized carbons (Fsp3) is 0.0714. The smallest absolute Gasteiger partial charge is 0.261 e. The van der Waals surface area contributed by atoms with E-state index in [0.29, 0.717) is 21.8 Å². The molecule has 0 spiro atoms. The lowest BCUT2D eigenvalue weighted by Crippen LogP contribution is -2.12. The van der Waals surface area contributed by atoms with Crippen LogP contribution in [0, 0.1) is 6.92 Å². The van der Waals surface area contributed by atoms with E-state index in [1.807, 2.05) is 6.92 Å². The van der Waals surface area contributed by atoms with Gasteiger partial charge < -0.3 is 4.42 Å². The highest BCUT2D eigenvalue weighted by Gasteiger charge is 2.15. The molecule has 1 aromatic heterocycles. The predicted molar refractivity (Wildman–Crippen MR) is 81.0 cm³/mol. The molecule has 0 amide bonds. The van der Waals surface area contributed by atoms with Crippen molar-refractivity contribution in [2.45, 2.75) is 11.8 Å². The van der Waals surface area contributed by atoms with Crippen molar-refractivity contribution in [2.24, 2.45) is 0 Å². The molecule has 0 aliphatic carbocycles. The van der Waals surface area contributed by atoms with Crippen LogP contribution >= 0.6 is 11.6 Å². The van der Waals surface area contributed by atoms with E-state index in [1.165, 1.54) is 18.5 Å². The number of rotatable bonds is 3. The second kappa shape index (κ2) is 5.05. The van der Waals surface area contributed by atoms with Gasteiger partial charge in [0, 0.05) is 5.02 Å². The van der Waals surface area contributed by atoms with E-state index < -0.39 is 10.0 Å². The van der Waals surface area contributed by atoms with Crippen molar-refractivity contribution >= 4 is 38.4 Å². The number of anilines is 1. The van der Waals surface area contributed by atoms with Crippen LogP contribution in [-0.4, -0.2) is 13.4 Å². The lowest BCUT2D eigenvalue weighted by Gasteiger charge is -2.09. The molecule has 0 unspecified atom stereocenters. The third kappa shape index (κ3) is 2.72. The van der Waals surface area contributed by atoms with Crippen molar-refractivity contribution in [1.82, 2.24) is 4.98 Å². The molecule has 0 bridgehead atoms. The molecule has 3 rings (SSSR count). The van der Waals surface area contributed by atoms with E-state index in [4.69, 9.17) is 16.0 Å². The Hall–Kier alpha value is -2.05. The van der Waals surface area contributed by atoms with E-state index >= 15 is 0 Å². The zero-order valence-electron chi connectivity index (χ0n) is 11.0. The molecule has 2 aromatic carbocycles. The Morgan fingerprint density at radius 2 is 2.00 bits per heavy atom. The maximum absolute atomic E-state index is 12.3. The van der Waals surface area contributed by atoms with E-state index in [1.54, 1.807) is 24.3 Å². The van der Waals surface area contributed by atoms with Crippen LogP contribution in [0.15, 0.2) is 52.1 Å². The summed E-state index contributed by atoms with van der Waals surface area (Å²) in [7, 11) is -3.70. The number of hydrogen-bond donors (Lipinski definition) is 1. The maximum Gasteiger partial charge on any atom is 0.261 e. The second-order valence-electron chi connectivity index (χ2n) is 4.55. The number of nitrogens with one attached hydrogen (secondary N) is 1. The summed E-state index contributed by atoms with van der Waals surface area (Å²) in [5.74, 6) is 0. The first kappa shape index (κ1) is 13.9. The van der Waals surface area contributed by atoms with Gasteiger partial charge in [0.25, 0.3) is 10.0 Å². The van der Waals surface area contributed by atoms with Crippen LogP contribution in [0.2, 0.25) is 5.02 Å². The van der Waals surface area contributed by atoms with Gasteiger partial charge in [-0.1, -0.05) is 17.7 Å². The minimum absolute atomic E-state index is 0.110. The summed E-state index contributed by atoms with van der Waals surface area (Å²) in [6.45, 7) is 1.81.